The summed E-state index contributed by atoms with van der Waals surface area (Å²) in [4.78, 5) is 12.9. The molecule has 0 amide bonds. The van der Waals surface area contributed by atoms with Gasteiger partial charge in [0.1, 0.15) is 0 Å². The number of rotatable bonds is 3. The smallest absolute Gasteiger partial charge is 0.305 e. The number of hydrogen-bond donors (Lipinski definition) is 2. The Hall–Kier alpha value is -0.610. The van der Waals surface area contributed by atoms with Gasteiger partial charge in [-0.2, -0.15) is 0 Å². The van der Waals surface area contributed by atoms with E-state index in [4.69, 9.17) is 5.11 Å². The second kappa shape index (κ2) is 2.71. The Kier molecular flexibility index (Phi) is 1.81. The first kappa shape index (κ1) is 8.01. The van der Waals surface area contributed by atoms with Crippen LogP contribution in [0.25, 0.3) is 0 Å². The van der Waals surface area contributed by atoms with E-state index < -0.39 is 5.97 Å². The van der Waals surface area contributed by atoms with Gasteiger partial charge >= 0.3 is 5.97 Å². The van der Waals surface area contributed by atoms with Crippen molar-refractivity contribution in [2.75, 3.05) is 26.2 Å². The predicted molar refractivity (Wildman–Crippen MR) is 44.0 cm³/mol. The molecule has 68 valence electrons. The highest BCUT2D eigenvalue weighted by molar-refractivity contribution is 5.69. The third-order valence-electron chi connectivity index (χ3n) is 2.92. The van der Waals surface area contributed by atoms with Crippen molar-refractivity contribution in [1.29, 1.82) is 0 Å². The average Bonchev–Trinajstić information content (AvgIpc) is 1.77. The number of carboxylic acids is 1. The summed E-state index contributed by atoms with van der Waals surface area (Å²) < 4.78 is 0. The van der Waals surface area contributed by atoms with Gasteiger partial charge in [-0.3, -0.25) is 9.69 Å². The average molecular weight is 170 g/mol. The zero-order chi connectivity index (χ0) is 8.60. The lowest BCUT2D eigenvalue weighted by Gasteiger charge is -2.54. The molecule has 0 unspecified atom stereocenters. The molecule has 2 heterocycles. The number of hydrogen-bond acceptors (Lipinski definition) is 3. The molecule has 0 aromatic rings. The number of likely N-dealkylation sites (tertiary alicyclic amines) is 1. The summed E-state index contributed by atoms with van der Waals surface area (Å²) in [6.45, 7) is 3.85. The van der Waals surface area contributed by atoms with Crippen LogP contribution in [0.1, 0.15) is 12.8 Å². The predicted octanol–water partition coefficient (Wildman–Crippen LogP) is -0.491. The molecular formula is C8H14N2O2. The van der Waals surface area contributed by atoms with Crippen molar-refractivity contribution in [1.82, 2.24) is 10.2 Å². The van der Waals surface area contributed by atoms with Gasteiger partial charge in [-0.15, -0.1) is 0 Å². The van der Waals surface area contributed by atoms with Crippen LogP contribution in [0.3, 0.4) is 0 Å². The minimum absolute atomic E-state index is 0.0376. The number of aliphatic carboxylic acids is 1. The van der Waals surface area contributed by atoms with Gasteiger partial charge in [-0.1, -0.05) is 0 Å². The molecule has 0 saturated carbocycles. The van der Waals surface area contributed by atoms with Crippen molar-refractivity contribution >= 4 is 5.97 Å². The van der Waals surface area contributed by atoms with Gasteiger partial charge in [-0.05, 0) is 6.42 Å². The molecule has 0 aliphatic carbocycles. The third kappa shape index (κ3) is 1.11. The lowest BCUT2D eigenvalue weighted by Crippen LogP contribution is -2.72. The third-order valence-corrected chi connectivity index (χ3v) is 2.92. The van der Waals surface area contributed by atoms with Crippen molar-refractivity contribution in [3.8, 4) is 0 Å². The van der Waals surface area contributed by atoms with E-state index in [1.165, 1.54) is 6.42 Å². The molecule has 2 rings (SSSR count). The largest absolute Gasteiger partial charge is 0.481 e. The first-order valence-corrected chi connectivity index (χ1v) is 4.41. The van der Waals surface area contributed by atoms with E-state index in [0.29, 0.717) is 6.42 Å². The van der Waals surface area contributed by atoms with Gasteiger partial charge in [0, 0.05) is 26.2 Å². The Labute approximate surface area is 71.5 Å². The minimum atomic E-state index is -0.677. The molecule has 12 heavy (non-hydrogen) atoms. The van der Waals surface area contributed by atoms with E-state index >= 15 is 0 Å². The lowest BCUT2D eigenvalue weighted by atomic mass is 9.84. The number of nitrogens with zero attached hydrogens (tertiary/aromatic N) is 1. The first-order chi connectivity index (χ1) is 5.73. The molecule has 0 aromatic carbocycles. The van der Waals surface area contributed by atoms with E-state index in [0.717, 1.165) is 26.2 Å². The molecule has 0 atom stereocenters. The molecule has 2 aliphatic heterocycles. The Morgan fingerprint density at radius 3 is 2.42 bits per heavy atom. The molecule has 0 radical (unpaired) electrons. The van der Waals surface area contributed by atoms with Crippen LogP contribution < -0.4 is 5.32 Å². The fourth-order valence-corrected chi connectivity index (χ4v) is 1.95. The van der Waals surface area contributed by atoms with Gasteiger partial charge in [0.05, 0.1) is 12.0 Å². The lowest BCUT2D eigenvalue weighted by molar-refractivity contribution is -0.143. The fourth-order valence-electron chi connectivity index (χ4n) is 1.95. The molecule has 2 saturated heterocycles. The zero-order valence-electron chi connectivity index (χ0n) is 7.05. The molecule has 2 aliphatic rings. The molecule has 4 nitrogen and oxygen atoms in total. The van der Waals surface area contributed by atoms with Crippen molar-refractivity contribution in [3.05, 3.63) is 0 Å². The summed E-state index contributed by atoms with van der Waals surface area (Å²) >= 11 is 0. The van der Waals surface area contributed by atoms with Gasteiger partial charge in [0.2, 0.25) is 0 Å². The number of nitrogens with one attached hydrogen (secondary N) is 1. The summed E-state index contributed by atoms with van der Waals surface area (Å²) in [6.07, 6.45) is 1.52. The van der Waals surface area contributed by atoms with Gasteiger partial charge in [0.25, 0.3) is 0 Å². The zero-order valence-corrected chi connectivity index (χ0v) is 7.05. The molecule has 4 heteroatoms. The van der Waals surface area contributed by atoms with E-state index in [2.05, 4.69) is 10.2 Å². The number of carbonyl (C=O) groups is 1. The van der Waals surface area contributed by atoms with Gasteiger partial charge in [0.15, 0.2) is 0 Å². The Bertz CT molecular complexity index is 197. The van der Waals surface area contributed by atoms with Crippen LogP contribution in [-0.2, 0) is 4.79 Å². The highest BCUT2D eigenvalue weighted by Gasteiger charge is 2.45. The number of carboxylic acid groups (broad SMARTS) is 1. The summed E-state index contributed by atoms with van der Waals surface area (Å²) in [5.41, 5.74) is -0.0376. The van der Waals surface area contributed by atoms with Crippen molar-refractivity contribution < 1.29 is 9.90 Å². The van der Waals surface area contributed by atoms with E-state index in [-0.39, 0.29) is 5.54 Å². The van der Waals surface area contributed by atoms with Crippen molar-refractivity contribution in [2.24, 2.45) is 0 Å². The topological polar surface area (TPSA) is 52.6 Å². The van der Waals surface area contributed by atoms with Crippen LogP contribution in [0.2, 0.25) is 0 Å². The quantitative estimate of drug-likeness (QED) is 0.600. The maximum atomic E-state index is 10.6. The van der Waals surface area contributed by atoms with Crippen LogP contribution in [0.4, 0.5) is 0 Å². The second-order valence-electron chi connectivity index (χ2n) is 3.74. The SMILES string of the molecule is O=C(O)CC1(N2CCC2)CNC1. The van der Waals surface area contributed by atoms with E-state index in [9.17, 15) is 4.79 Å². The highest BCUT2D eigenvalue weighted by Crippen LogP contribution is 2.29. The molecule has 0 aromatic heterocycles. The normalized spacial score (nSPS) is 27.3. The van der Waals surface area contributed by atoms with Crippen LogP contribution in [0.15, 0.2) is 0 Å². The van der Waals surface area contributed by atoms with Crippen molar-refractivity contribution in [2.45, 2.75) is 18.4 Å². The van der Waals surface area contributed by atoms with Crippen molar-refractivity contribution in [3.63, 3.8) is 0 Å². The van der Waals surface area contributed by atoms with Crippen LogP contribution >= 0.6 is 0 Å². The maximum absolute atomic E-state index is 10.6. The van der Waals surface area contributed by atoms with E-state index in [1.807, 2.05) is 0 Å². The van der Waals surface area contributed by atoms with Crippen LogP contribution in [-0.4, -0.2) is 47.7 Å². The van der Waals surface area contributed by atoms with E-state index in [1.54, 1.807) is 0 Å². The summed E-state index contributed by atoms with van der Waals surface area (Å²) in [7, 11) is 0. The summed E-state index contributed by atoms with van der Waals surface area (Å²) in [5, 5.41) is 11.9. The molecule has 0 bridgehead atoms. The first-order valence-electron chi connectivity index (χ1n) is 4.41. The maximum Gasteiger partial charge on any atom is 0.305 e. The summed E-state index contributed by atoms with van der Waals surface area (Å²) in [6, 6.07) is 0. The molecule has 0 spiro atoms. The van der Waals surface area contributed by atoms with Crippen LogP contribution in [0, 0.1) is 0 Å². The van der Waals surface area contributed by atoms with Gasteiger partial charge in [-0.25, -0.2) is 0 Å². The standard InChI is InChI=1S/C8H14N2O2/c11-7(12)4-8(5-9-6-8)10-2-1-3-10/h9H,1-6H2,(H,11,12). The Morgan fingerprint density at radius 2 is 2.17 bits per heavy atom. The van der Waals surface area contributed by atoms with Gasteiger partial charge < -0.3 is 10.4 Å². The molecule has 2 fully saturated rings. The monoisotopic (exact) mass is 170 g/mol. The Balaban J connectivity index is 1.97. The highest BCUT2D eigenvalue weighted by atomic mass is 16.4. The second-order valence-corrected chi connectivity index (χ2v) is 3.74. The summed E-state index contributed by atoms with van der Waals surface area (Å²) in [5.74, 6) is -0.677. The molecular weight excluding hydrogens is 156 g/mol. The fraction of sp³-hybridized carbons (Fsp3) is 0.875. The minimum Gasteiger partial charge on any atom is -0.481 e. The molecule has 2 N–H and O–H groups in total. The van der Waals surface area contributed by atoms with Crippen LogP contribution in [0.5, 0.6) is 0 Å². The Morgan fingerprint density at radius 1 is 1.50 bits per heavy atom.